The van der Waals surface area contributed by atoms with Crippen LogP contribution in [0.5, 0.6) is 0 Å². The lowest BCUT2D eigenvalue weighted by molar-refractivity contribution is -0.115. The lowest BCUT2D eigenvalue weighted by atomic mass is 9.79. The van der Waals surface area contributed by atoms with Gasteiger partial charge in [-0.1, -0.05) is 18.9 Å². The molecule has 1 saturated carbocycles. The first-order valence-electron chi connectivity index (χ1n) is 7.56. The summed E-state index contributed by atoms with van der Waals surface area (Å²) in [5.41, 5.74) is 0.465. The SMILES string of the molecule is O=C(CNCC1CCCCC1CO)Nc1cccc(F)c1. The number of aliphatic hydroxyl groups is 1. The van der Waals surface area contributed by atoms with E-state index in [2.05, 4.69) is 10.6 Å². The topological polar surface area (TPSA) is 61.4 Å². The Bertz CT molecular complexity index is 467. The van der Waals surface area contributed by atoms with Crippen molar-refractivity contribution in [3.05, 3.63) is 30.1 Å². The molecule has 0 spiro atoms. The Labute approximate surface area is 124 Å². The standard InChI is InChI=1S/C16H23FN2O2/c17-14-6-3-7-15(8-14)19-16(21)10-18-9-12-4-1-2-5-13(12)11-20/h3,6-8,12-13,18,20H,1-2,4-5,9-11H2,(H,19,21). The van der Waals surface area contributed by atoms with E-state index in [4.69, 9.17) is 0 Å². The number of hydrogen-bond acceptors (Lipinski definition) is 3. The van der Waals surface area contributed by atoms with Gasteiger partial charge in [-0.25, -0.2) is 4.39 Å². The Balaban J connectivity index is 1.71. The quantitative estimate of drug-likeness (QED) is 0.753. The molecule has 2 rings (SSSR count). The van der Waals surface area contributed by atoms with Crippen LogP contribution in [0, 0.1) is 17.7 Å². The number of benzene rings is 1. The summed E-state index contributed by atoms with van der Waals surface area (Å²) in [5, 5.41) is 15.1. The summed E-state index contributed by atoms with van der Waals surface area (Å²) in [4.78, 5) is 11.8. The Hall–Kier alpha value is -1.46. The van der Waals surface area contributed by atoms with Crippen LogP contribution in [-0.2, 0) is 4.79 Å². The molecule has 4 nitrogen and oxygen atoms in total. The van der Waals surface area contributed by atoms with Gasteiger partial charge in [0, 0.05) is 12.3 Å². The molecule has 0 heterocycles. The maximum Gasteiger partial charge on any atom is 0.238 e. The number of aliphatic hydroxyl groups excluding tert-OH is 1. The average Bonchev–Trinajstić information content (AvgIpc) is 2.47. The van der Waals surface area contributed by atoms with Gasteiger partial charge >= 0.3 is 0 Å². The summed E-state index contributed by atoms with van der Waals surface area (Å²) in [6, 6.07) is 5.85. The molecule has 1 aliphatic rings. The highest BCUT2D eigenvalue weighted by Crippen LogP contribution is 2.28. The number of carbonyl (C=O) groups excluding carboxylic acids is 1. The van der Waals surface area contributed by atoms with E-state index in [9.17, 15) is 14.3 Å². The summed E-state index contributed by atoms with van der Waals surface area (Å²) in [6.45, 7) is 1.16. The predicted molar refractivity (Wildman–Crippen MR) is 80.4 cm³/mol. The van der Waals surface area contributed by atoms with E-state index in [0.717, 1.165) is 19.4 Å². The molecule has 1 aliphatic carbocycles. The lowest BCUT2D eigenvalue weighted by Gasteiger charge is -2.30. The molecule has 0 radical (unpaired) electrons. The lowest BCUT2D eigenvalue weighted by Crippen LogP contribution is -2.36. The normalized spacial score (nSPS) is 22.0. The van der Waals surface area contributed by atoms with Crippen molar-refractivity contribution in [1.29, 1.82) is 0 Å². The second-order valence-corrected chi connectivity index (χ2v) is 5.68. The molecular weight excluding hydrogens is 271 g/mol. The van der Waals surface area contributed by atoms with Crippen molar-refractivity contribution in [3.8, 4) is 0 Å². The van der Waals surface area contributed by atoms with Crippen LogP contribution >= 0.6 is 0 Å². The highest BCUT2D eigenvalue weighted by Gasteiger charge is 2.24. The molecule has 1 fully saturated rings. The van der Waals surface area contributed by atoms with Crippen molar-refractivity contribution in [2.24, 2.45) is 11.8 Å². The van der Waals surface area contributed by atoms with Crippen molar-refractivity contribution in [3.63, 3.8) is 0 Å². The molecule has 2 atom stereocenters. The van der Waals surface area contributed by atoms with Gasteiger partial charge in [-0.15, -0.1) is 0 Å². The average molecular weight is 294 g/mol. The van der Waals surface area contributed by atoms with Crippen molar-refractivity contribution in [2.45, 2.75) is 25.7 Å². The number of hydrogen-bond donors (Lipinski definition) is 3. The van der Waals surface area contributed by atoms with E-state index in [0.29, 0.717) is 17.5 Å². The highest BCUT2D eigenvalue weighted by molar-refractivity contribution is 5.92. The number of carbonyl (C=O) groups is 1. The van der Waals surface area contributed by atoms with Gasteiger partial charge in [0.15, 0.2) is 0 Å². The molecule has 2 unspecified atom stereocenters. The Morgan fingerprint density at radius 2 is 2.05 bits per heavy atom. The van der Waals surface area contributed by atoms with E-state index in [1.165, 1.54) is 25.0 Å². The Morgan fingerprint density at radius 3 is 2.76 bits per heavy atom. The van der Waals surface area contributed by atoms with Crippen LogP contribution < -0.4 is 10.6 Å². The van der Waals surface area contributed by atoms with Crippen LogP contribution in [0.3, 0.4) is 0 Å². The van der Waals surface area contributed by atoms with Gasteiger partial charge in [0.25, 0.3) is 0 Å². The minimum Gasteiger partial charge on any atom is -0.396 e. The predicted octanol–water partition coefficient (Wildman–Crippen LogP) is 2.15. The number of halogens is 1. The second kappa shape index (κ2) is 8.10. The number of amides is 1. The molecule has 0 aromatic heterocycles. The summed E-state index contributed by atoms with van der Waals surface area (Å²) >= 11 is 0. The number of nitrogens with one attached hydrogen (secondary N) is 2. The largest absolute Gasteiger partial charge is 0.396 e. The zero-order valence-corrected chi connectivity index (χ0v) is 12.1. The first-order chi connectivity index (χ1) is 10.2. The van der Waals surface area contributed by atoms with Gasteiger partial charge in [-0.3, -0.25) is 4.79 Å². The van der Waals surface area contributed by atoms with Crippen molar-refractivity contribution in [2.75, 3.05) is 25.0 Å². The first kappa shape index (κ1) is 15.9. The summed E-state index contributed by atoms with van der Waals surface area (Å²) < 4.78 is 13.0. The monoisotopic (exact) mass is 294 g/mol. The van der Waals surface area contributed by atoms with Crippen LogP contribution in [0.4, 0.5) is 10.1 Å². The van der Waals surface area contributed by atoms with Gasteiger partial charge < -0.3 is 15.7 Å². The minimum atomic E-state index is -0.367. The molecule has 21 heavy (non-hydrogen) atoms. The van der Waals surface area contributed by atoms with Gasteiger partial charge in [-0.2, -0.15) is 0 Å². The third kappa shape index (κ3) is 5.10. The van der Waals surface area contributed by atoms with Crippen molar-refractivity contribution < 1.29 is 14.3 Å². The Morgan fingerprint density at radius 1 is 1.29 bits per heavy atom. The minimum absolute atomic E-state index is 0.183. The van der Waals surface area contributed by atoms with Gasteiger partial charge in [0.2, 0.25) is 5.91 Å². The zero-order valence-electron chi connectivity index (χ0n) is 12.1. The first-order valence-corrected chi connectivity index (χ1v) is 7.56. The third-order valence-electron chi connectivity index (χ3n) is 4.10. The summed E-state index contributed by atoms with van der Waals surface area (Å²) in [7, 11) is 0. The molecule has 0 saturated heterocycles. The van der Waals surface area contributed by atoms with E-state index in [1.807, 2.05) is 0 Å². The molecule has 1 amide bonds. The van der Waals surface area contributed by atoms with Gasteiger partial charge in [0.1, 0.15) is 5.82 Å². The van der Waals surface area contributed by atoms with Crippen LogP contribution in [0.1, 0.15) is 25.7 Å². The molecule has 0 bridgehead atoms. The fourth-order valence-electron chi connectivity index (χ4n) is 2.94. The third-order valence-corrected chi connectivity index (χ3v) is 4.10. The fraction of sp³-hybridized carbons (Fsp3) is 0.562. The van der Waals surface area contributed by atoms with Crippen LogP contribution in [-0.4, -0.2) is 30.7 Å². The molecule has 3 N–H and O–H groups in total. The second-order valence-electron chi connectivity index (χ2n) is 5.68. The van der Waals surface area contributed by atoms with Crippen LogP contribution in [0.15, 0.2) is 24.3 Å². The molecule has 1 aromatic carbocycles. The molecule has 1 aromatic rings. The zero-order chi connectivity index (χ0) is 15.1. The maximum absolute atomic E-state index is 13.0. The highest BCUT2D eigenvalue weighted by atomic mass is 19.1. The van der Waals surface area contributed by atoms with Crippen molar-refractivity contribution >= 4 is 11.6 Å². The van der Waals surface area contributed by atoms with Gasteiger partial charge in [-0.05, 0) is 49.4 Å². The van der Waals surface area contributed by atoms with Gasteiger partial charge in [0.05, 0.1) is 6.54 Å². The molecule has 5 heteroatoms. The van der Waals surface area contributed by atoms with Crippen LogP contribution in [0.2, 0.25) is 0 Å². The van der Waals surface area contributed by atoms with Crippen molar-refractivity contribution in [1.82, 2.24) is 5.32 Å². The Kier molecular flexibility index (Phi) is 6.14. The van der Waals surface area contributed by atoms with Crippen LogP contribution in [0.25, 0.3) is 0 Å². The maximum atomic E-state index is 13.0. The summed E-state index contributed by atoms with van der Waals surface area (Å²) in [6.07, 6.45) is 4.54. The molecule has 0 aliphatic heterocycles. The smallest absolute Gasteiger partial charge is 0.238 e. The summed E-state index contributed by atoms with van der Waals surface area (Å²) in [5.74, 6) is 0.231. The molecular formula is C16H23FN2O2. The van der Waals surface area contributed by atoms with E-state index < -0.39 is 0 Å². The number of rotatable bonds is 6. The van der Waals surface area contributed by atoms with E-state index >= 15 is 0 Å². The van der Waals surface area contributed by atoms with E-state index in [-0.39, 0.29) is 24.9 Å². The number of anilines is 1. The molecule has 116 valence electrons. The van der Waals surface area contributed by atoms with E-state index in [1.54, 1.807) is 12.1 Å². The fourth-order valence-corrected chi connectivity index (χ4v) is 2.94.